The van der Waals surface area contributed by atoms with Crippen LogP contribution in [0.3, 0.4) is 0 Å². The van der Waals surface area contributed by atoms with E-state index in [0.717, 1.165) is 60.5 Å². The van der Waals surface area contributed by atoms with Crippen LogP contribution in [-0.2, 0) is 17.0 Å². The van der Waals surface area contributed by atoms with E-state index in [4.69, 9.17) is 4.74 Å². The number of imidazole rings is 1. The van der Waals surface area contributed by atoms with Gasteiger partial charge in [-0.1, -0.05) is 18.2 Å². The van der Waals surface area contributed by atoms with Crippen molar-refractivity contribution in [3.8, 4) is 0 Å². The summed E-state index contributed by atoms with van der Waals surface area (Å²) in [5.74, 6) is 0.678. The highest BCUT2D eigenvalue weighted by molar-refractivity contribution is 7.98. The molecule has 1 aliphatic rings. The number of nitrogens with one attached hydrogen (secondary N) is 1. The van der Waals surface area contributed by atoms with Gasteiger partial charge in [0.25, 0.3) is 5.91 Å². The van der Waals surface area contributed by atoms with Crippen molar-refractivity contribution < 1.29 is 9.53 Å². The number of benzene rings is 2. The molecule has 1 amide bonds. The Hall–Kier alpha value is -3.13. The molecule has 4 aromatic rings. The molecule has 1 fully saturated rings. The standard InChI is InChI=1S/C26H26N4O2S/c31-26(28-22-8-4-20(5-9-22)17-29-13-15-32-16-14-29)21-6-10-24(11-7-21)33-19-23-18-30-12-2-1-3-25(30)27-23/h1-12,18H,13-17,19H2,(H,28,31). The average Bonchev–Trinajstić information content (AvgIpc) is 3.28. The molecule has 1 saturated heterocycles. The summed E-state index contributed by atoms with van der Waals surface area (Å²) in [6.07, 6.45) is 4.05. The zero-order valence-electron chi connectivity index (χ0n) is 18.3. The molecule has 1 N–H and O–H groups in total. The summed E-state index contributed by atoms with van der Waals surface area (Å²) in [5, 5.41) is 2.99. The van der Waals surface area contributed by atoms with Gasteiger partial charge in [-0.15, -0.1) is 11.8 Å². The molecule has 0 aliphatic carbocycles. The van der Waals surface area contributed by atoms with Gasteiger partial charge in [0.1, 0.15) is 5.65 Å². The highest BCUT2D eigenvalue weighted by Gasteiger charge is 2.11. The molecule has 5 rings (SSSR count). The van der Waals surface area contributed by atoms with E-state index in [1.54, 1.807) is 11.8 Å². The Labute approximate surface area is 197 Å². The molecule has 33 heavy (non-hydrogen) atoms. The lowest BCUT2D eigenvalue weighted by Crippen LogP contribution is -2.35. The van der Waals surface area contributed by atoms with Crippen LogP contribution in [0.25, 0.3) is 5.65 Å². The SMILES string of the molecule is O=C(Nc1ccc(CN2CCOCC2)cc1)c1ccc(SCc2cn3ccccc3n2)cc1. The molecule has 6 nitrogen and oxygen atoms in total. The summed E-state index contributed by atoms with van der Waals surface area (Å²) in [4.78, 5) is 20.8. The van der Waals surface area contributed by atoms with Crippen LogP contribution in [-0.4, -0.2) is 46.5 Å². The minimum atomic E-state index is -0.104. The summed E-state index contributed by atoms with van der Waals surface area (Å²) in [6, 6.07) is 21.8. The van der Waals surface area contributed by atoms with Crippen molar-refractivity contribution in [3.63, 3.8) is 0 Å². The third-order valence-corrected chi connectivity index (χ3v) is 6.68. The maximum Gasteiger partial charge on any atom is 0.255 e. The second-order valence-corrected chi connectivity index (χ2v) is 9.10. The Bertz CT molecular complexity index is 1180. The minimum absolute atomic E-state index is 0.104. The van der Waals surface area contributed by atoms with Gasteiger partial charge in [0.2, 0.25) is 0 Å². The van der Waals surface area contributed by atoms with Gasteiger partial charge in [-0.2, -0.15) is 0 Å². The number of pyridine rings is 1. The number of hydrogen-bond acceptors (Lipinski definition) is 5. The van der Waals surface area contributed by atoms with Crippen molar-refractivity contribution in [2.45, 2.75) is 17.2 Å². The normalized spacial score (nSPS) is 14.4. The van der Waals surface area contributed by atoms with Crippen molar-refractivity contribution in [1.82, 2.24) is 14.3 Å². The number of thioether (sulfide) groups is 1. The number of nitrogens with zero attached hydrogens (tertiary/aromatic N) is 3. The van der Waals surface area contributed by atoms with Crippen LogP contribution in [0.4, 0.5) is 5.69 Å². The Morgan fingerprint density at radius 3 is 2.55 bits per heavy atom. The Morgan fingerprint density at radius 1 is 1.00 bits per heavy atom. The zero-order chi connectivity index (χ0) is 22.5. The Kier molecular flexibility index (Phi) is 6.71. The number of anilines is 1. The first kappa shape index (κ1) is 21.7. The number of carbonyl (C=O) groups is 1. The first-order valence-electron chi connectivity index (χ1n) is 11.1. The molecule has 7 heteroatoms. The van der Waals surface area contributed by atoms with Crippen molar-refractivity contribution in [2.24, 2.45) is 0 Å². The van der Waals surface area contributed by atoms with Gasteiger partial charge < -0.3 is 14.5 Å². The monoisotopic (exact) mass is 458 g/mol. The third-order valence-electron chi connectivity index (χ3n) is 5.64. The predicted molar refractivity (Wildman–Crippen MR) is 132 cm³/mol. The summed E-state index contributed by atoms with van der Waals surface area (Å²) in [7, 11) is 0. The van der Waals surface area contributed by atoms with Crippen LogP contribution in [0.5, 0.6) is 0 Å². The number of morpholine rings is 1. The molecule has 0 radical (unpaired) electrons. The molecule has 3 heterocycles. The molecule has 0 saturated carbocycles. The molecule has 1 aliphatic heterocycles. The van der Waals surface area contributed by atoms with E-state index in [2.05, 4.69) is 33.5 Å². The first-order valence-corrected chi connectivity index (χ1v) is 12.1. The quantitative estimate of drug-likeness (QED) is 0.407. The lowest BCUT2D eigenvalue weighted by atomic mass is 10.1. The molecule has 168 valence electrons. The van der Waals surface area contributed by atoms with E-state index in [9.17, 15) is 4.79 Å². The number of amides is 1. The van der Waals surface area contributed by atoms with Crippen LogP contribution in [0.1, 0.15) is 21.6 Å². The summed E-state index contributed by atoms with van der Waals surface area (Å²) in [5.41, 5.74) is 4.67. The molecule has 0 atom stereocenters. The molecular formula is C26H26N4O2S. The van der Waals surface area contributed by atoms with Crippen molar-refractivity contribution in [3.05, 3.63) is 95.9 Å². The summed E-state index contributed by atoms with van der Waals surface area (Å²) >= 11 is 1.71. The number of aromatic nitrogens is 2. The fourth-order valence-electron chi connectivity index (χ4n) is 3.83. The summed E-state index contributed by atoms with van der Waals surface area (Å²) < 4.78 is 7.43. The van der Waals surface area contributed by atoms with Gasteiger partial charge in [-0.05, 0) is 54.1 Å². The second kappa shape index (κ2) is 10.2. The predicted octanol–water partition coefficient (Wildman–Crippen LogP) is 4.71. The Balaban J connectivity index is 1.14. The van der Waals surface area contributed by atoms with E-state index < -0.39 is 0 Å². The van der Waals surface area contributed by atoms with E-state index in [1.807, 2.05) is 65.2 Å². The van der Waals surface area contributed by atoms with Crippen molar-refractivity contribution in [1.29, 1.82) is 0 Å². The van der Waals surface area contributed by atoms with Gasteiger partial charge in [0, 0.05) is 53.9 Å². The van der Waals surface area contributed by atoms with Gasteiger partial charge in [0.15, 0.2) is 0 Å². The maximum absolute atomic E-state index is 12.7. The number of ether oxygens (including phenoxy) is 1. The number of rotatable bonds is 7. The van der Waals surface area contributed by atoms with Crippen molar-refractivity contribution in [2.75, 3.05) is 31.6 Å². The minimum Gasteiger partial charge on any atom is -0.379 e. The van der Waals surface area contributed by atoms with Crippen LogP contribution in [0.15, 0.2) is 84.0 Å². The first-order chi connectivity index (χ1) is 16.2. The maximum atomic E-state index is 12.7. The highest BCUT2D eigenvalue weighted by Crippen LogP contribution is 2.23. The second-order valence-electron chi connectivity index (χ2n) is 8.05. The number of fused-ring (bicyclic) bond motifs is 1. The van der Waals surface area contributed by atoms with E-state index in [1.165, 1.54) is 5.56 Å². The average molecular weight is 459 g/mol. The highest BCUT2D eigenvalue weighted by atomic mass is 32.2. The fourth-order valence-corrected chi connectivity index (χ4v) is 4.61. The van der Waals surface area contributed by atoms with Crippen LogP contribution >= 0.6 is 11.8 Å². The van der Waals surface area contributed by atoms with Crippen molar-refractivity contribution >= 4 is 29.0 Å². The van der Waals surface area contributed by atoms with Crippen LogP contribution in [0, 0.1) is 0 Å². The third kappa shape index (κ3) is 5.63. The van der Waals surface area contributed by atoms with Crippen LogP contribution in [0.2, 0.25) is 0 Å². The molecule has 0 unspecified atom stereocenters. The van der Waals surface area contributed by atoms with E-state index in [-0.39, 0.29) is 5.91 Å². The van der Waals surface area contributed by atoms with Crippen LogP contribution < -0.4 is 5.32 Å². The van der Waals surface area contributed by atoms with Gasteiger partial charge in [0.05, 0.1) is 18.9 Å². The molecule has 2 aromatic carbocycles. The van der Waals surface area contributed by atoms with Gasteiger partial charge >= 0.3 is 0 Å². The van der Waals surface area contributed by atoms with E-state index in [0.29, 0.717) is 5.56 Å². The smallest absolute Gasteiger partial charge is 0.255 e. The molecule has 2 aromatic heterocycles. The largest absolute Gasteiger partial charge is 0.379 e. The molecule has 0 spiro atoms. The van der Waals surface area contributed by atoms with Gasteiger partial charge in [-0.25, -0.2) is 4.98 Å². The molecule has 0 bridgehead atoms. The zero-order valence-corrected chi connectivity index (χ0v) is 19.1. The van der Waals surface area contributed by atoms with Gasteiger partial charge in [-0.3, -0.25) is 9.69 Å². The number of carbonyl (C=O) groups excluding carboxylic acids is 1. The Morgan fingerprint density at radius 2 is 1.79 bits per heavy atom. The lowest BCUT2D eigenvalue weighted by Gasteiger charge is -2.26. The topological polar surface area (TPSA) is 58.9 Å². The number of hydrogen-bond donors (Lipinski definition) is 1. The summed E-state index contributed by atoms with van der Waals surface area (Å²) in [6.45, 7) is 4.43. The fraction of sp³-hybridized carbons (Fsp3) is 0.231. The van der Waals surface area contributed by atoms with E-state index >= 15 is 0 Å². The lowest BCUT2D eigenvalue weighted by molar-refractivity contribution is 0.0342. The molecular weight excluding hydrogens is 432 g/mol.